The molecule has 0 saturated heterocycles. The SMILES string of the molecule is Cc1c(S(=O)c2ccc(Cl)cc2)c2ccccc2n1C. The van der Waals surface area contributed by atoms with Gasteiger partial charge in [-0.05, 0) is 37.3 Å². The number of aromatic nitrogens is 1. The molecule has 0 aliphatic rings. The van der Waals surface area contributed by atoms with Crippen LogP contribution in [0.2, 0.25) is 5.02 Å². The molecule has 3 aromatic rings. The Bertz CT molecular complexity index is 805. The van der Waals surface area contributed by atoms with Crippen LogP contribution in [0.3, 0.4) is 0 Å². The van der Waals surface area contributed by atoms with E-state index in [1.165, 1.54) is 0 Å². The van der Waals surface area contributed by atoms with E-state index in [0.717, 1.165) is 26.4 Å². The van der Waals surface area contributed by atoms with Gasteiger partial charge < -0.3 is 4.57 Å². The zero-order valence-electron chi connectivity index (χ0n) is 11.3. The van der Waals surface area contributed by atoms with Crippen molar-refractivity contribution >= 4 is 33.3 Å². The molecule has 1 atom stereocenters. The molecule has 1 heterocycles. The second kappa shape index (κ2) is 5.08. The molecule has 0 N–H and O–H groups in total. The van der Waals surface area contributed by atoms with Crippen LogP contribution in [0.5, 0.6) is 0 Å². The van der Waals surface area contributed by atoms with E-state index in [2.05, 4.69) is 4.57 Å². The van der Waals surface area contributed by atoms with Crippen molar-refractivity contribution in [2.24, 2.45) is 7.05 Å². The van der Waals surface area contributed by atoms with Crippen molar-refractivity contribution in [3.8, 4) is 0 Å². The summed E-state index contributed by atoms with van der Waals surface area (Å²) in [6.07, 6.45) is 0. The lowest BCUT2D eigenvalue weighted by Crippen LogP contribution is -1.96. The lowest BCUT2D eigenvalue weighted by Gasteiger charge is -2.03. The van der Waals surface area contributed by atoms with Gasteiger partial charge >= 0.3 is 0 Å². The number of nitrogens with zero attached hydrogens (tertiary/aromatic N) is 1. The number of fused-ring (bicyclic) bond motifs is 1. The van der Waals surface area contributed by atoms with E-state index in [4.69, 9.17) is 11.6 Å². The van der Waals surface area contributed by atoms with E-state index in [1.807, 2.05) is 50.4 Å². The first kappa shape index (κ1) is 13.4. The van der Waals surface area contributed by atoms with Crippen molar-refractivity contribution < 1.29 is 4.21 Å². The van der Waals surface area contributed by atoms with E-state index < -0.39 is 10.8 Å². The number of hydrogen-bond donors (Lipinski definition) is 0. The number of halogens is 1. The van der Waals surface area contributed by atoms with Crippen LogP contribution in [-0.2, 0) is 17.8 Å². The van der Waals surface area contributed by atoms with E-state index in [9.17, 15) is 4.21 Å². The average molecular weight is 304 g/mol. The summed E-state index contributed by atoms with van der Waals surface area (Å²) in [6, 6.07) is 15.2. The molecule has 0 radical (unpaired) electrons. The molecule has 4 heteroatoms. The van der Waals surface area contributed by atoms with E-state index in [0.29, 0.717) is 5.02 Å². The van der Waals surface area contributed by atoms with E-state index >= 15 is 0 Å². The molecule has 1 unspecified atom stereocenters. The van der Waals surface area contributed by atoms with Gasteiger partial charge in [0, 0.05) is 33.6 Å². The fourth-order valence-corrected chi connectivity index (χ4v) is 3.92. The summed E-state index contributed by atoms with van der Waals surface area (Å²) in [5.41, 5.74) is 2.13. The third-order valence-electron chi connectivity index (χ3n) is 3.55. The van der Waals surface area contributed by atoms with Gasteiger partial charge in [-0.1, -0.05) is 29.8 Å². The molecule has 102 valence electrons. The predicted octanol–water partition coefficient (Wildman–Crippen LogP) is 4.31. The van der Waals surface area contributed by atoms with Crippen molar-refractivity contribution in [1.29, 1.82) is 0 Å². The van der Waals surface area contributed by atoms with Crippen LogP contribution in [0.15, 0.2) is 58.3 Å². The molecule has 0 aliphatic heterocycles. The van der Waals surface area contributed by atoms with Gasteiger partial charge in [0.2, 0.25) is 0 Å². The minimum absolute atomic E-state index is 0.653. The van der Waals surface area contributed by atoms with Crippen molar-refractivity contribution in [1.82, 2.24) is 4.57 Å². The van der Waals surface area contributed by atoms with E-state index in [-0.39, 0.29) is 0 Å². The Balaban J connectivity index is 2.22. The number of rotatable bonds is 2. The lowest BCUT2D eigenvalue weighted by molar-refractivity contribution is 0.682. The van der Waals surface area contributed by atoms with Gasteiger partial charge in [-0.2, -0.15) is 0 Å². The van der Waals surface area contributed by atoms with Gasteiger partial charge in [-0.15, -0.1) is 0 Å². The van der Waals surface area contributed by atoms with E-state index in [1.54, 1.807) is 12.1 Å². The fourth-order valence-electron chi connectivity index (χ4n) is 2.40. The molecule has 0 bridgehead atoms. The molecule has 0 fully saturated rings. The number of hydrogen-bond acceptors (Lipinski definition) is 1. The number of para-hydroxylation sites is 1. The Labute approximate surface area is 125 Å². The maximum atomic E-state index is 12.9. The summed E-state index contributed by atoms with van der Waals surface area (Å²) in [5.74, 6) is 0. The largest absolute Gasteiger partial charge is 0.347 e. The topological polar surface area (TPSA) is 22.0 Å². The molecule has 1 aromatic heterocycles. The van der Waals surface area contributed by atoms with Gasteiger partial charge in [0.25, 0.3) is 0 Å². The minimum Gasteiger partial charge on any atom is -0.347 e. The third kappa shape index (κ3) is 2.07. The summed E-state index contributed by atoms with van der Waals surface area (Å²) in [4.78, 5) is 1.65. The Kier molecular flexibility index (Phi) is 3.40. The third-order valence-corrected chi connectivity index (χ3v) is 5.39. The van der Waals surface area contributed by atoms with Crippen LogP contribution in [0.4, 0.5) is 0 Å². The van der Waals surface area contributed by atoms with Crippen LogP contribution >= 0.6 is 11.6 Å². The first-order chi connectivity index (χ1) is 9.59. The van der Waals surface area contributed by atoms with Crippen molar-refractivity contribution in [2.45, 2.75) is 16.7 Å². The molecule has 0 amide bonds. The van der Waals surface area contributed by atoms with Crippen molar-refractivity contribution in [3.63, 3.8) is 0 Å². The van der Waals surface area contributed by atoms with Gasteiger partial charge in [0.05, 0.1) is 15.7 Å². The molecule has 2 nitrogen and oxygen atoms in total. The maximum absolute atomic E-state index is 12.9. The first-order valence-corrected chi connectivity index (χ1v) is 7.83. The second-order valence-electron chi connectivity index (χ2n) is 4.71. The molecular weight excluding hydrogens is 290 g/mol. The molecule has 20 heavy (non-hydrogen) atoms. The second-order valence-corrected chi connectivity index (χ2v) is 6.57. The Morgan fingerprint density at radius 1 is 1.05 bits per heavy atom. The maximum Gasteiger partial charge on any atom is 0.0874 e. The van der Waals surface area contributed by atoms with Gasteiger partial charge in [0.15, 0.2) is 0 Å². The van der Waals surface area contributed by atoms with Gasteiger partial charge in [-0.25, -0.2) is 4.21 Å². The van der Waals surface area contributed by atoms with Crippen LogP contribution < -0.4 is 0 Å². The van der Waals surface area contributed by atoms with Crippen LogP contribution in [0.25, 0.3) is 10.9 Å². The van der Waals surface area contributed by atoms with Crippen LogP contribution in [0.1, 0.15) is 5.69 Å². The summed E-state index contributed by atoms with van der Waals surface area (Å²) in [7, 11) is 0.800. The van der Waals surface area contributed by atoms with Crippen LogP contribution in [0, 0.1) is 6.92 Å². The predicted molar refractivity (Wildman–Crippen MR) is 83.8 cm³/mol. The van der Waals surface area contributed by atoms with Gasteiger partial charge in [0.1, 0.15) is 0 Å². The Morgan fingerprint density at radius 2 is 1.70 bits per heavy atom. The lowest BCUT2D eigenvalue weighted by atomic mass is 10.2. The van der Waals surface area contributed by atoms with Crippen molar-refractivity contribution in [3.05, 3.63) is 59.2 Å². The zero-order valence-corrected chi connectivity index (χ0v) is 12.8. The standard InChI is InChI=1S/C16H14ClNOS/c1-11-16(14-5-3-4-6-15(14)18(11)2)20(19)13-9-7-12(17)8-10-13/h3-10H,1-2H3. The average Bonchev–Trinajstić information content (AvgIpc) is 2.72. The molecule has 3 rings (SSSR count). The normalized spacial score (nSPS) is 12.8. The summed E-state index contributed by atoms with van der Waals surface area (Å²) >= 11 is 5.89. The van der Waals surface area contributed by atoms with Crippen LogP contribution in [-0.4, -0.2) is 8.78 Å². The molecule has 2 aromatic carbocycles. The van der Waals surface area contributed by atoms with Crippen molar-refractivity contribution in [2.75, 3.05) is 0 Å². The fraction of sp³-hybridized carbons (Fsp3) is 0.125. The number of benzene rings is 2. The smallest absolute Gasteiger partial charge is 0.0874 e. The minimum atomic E-state index is -1.20. The summed E-state index contributed by atoms with van der Waals surface area (Å²) in [6.45, 7) is 2.00. The summed E-state index contributed by atoms with van der Waals surface area (Å²) < 4.78 is 14.9. The van der Waals surface area contributed by atoms with Gasteiger partial charge in [-0.3, -0.25) is 0 Å². The quantitative estimate of drug-likeness (QED) is 0.691. The Morgan fingerprint density at radius 3 is 2.40 bits per heavy atom. The Hall–Kier alpha value is -1.58. The molecule has 0 aliphatic carbocycles. The zero-order chi connectivity index (χ0) is 14.3. The highest BCUT2D eigenvalue weighted by molar-refractivity contribution is 7.85. The highest BCUT2D eigenvalue weighted by atomic mass is 35.5. The summed E-state index contributed by atoms with van der Waals surface area (Å²) in [5, 5.41) is 1.70. The first-order valence-electron chi connectivity index (χ1n) is 6.31. The molecule has 0 saturated carbocycles. The molecule has 0 spiro atoms. The number of aryl methyl sites for hydroxylation is 1. The highest BCUT2D eigenvalue weighted by Gasteiger charge is 2.18. The monoisotopic (exact) mass is 303 g/mol. The highest BCUT2D eigenvalue weighted by Crippen LogP contribution is 2.30. The molecular formula is C16H14ClNOS.